The fourth-order valence-corrected chi connectivity index (χ4v) is 4.43. The van der Waals surface area contributed by atoms with Crippen LogP contribution in [0, 0.1) is 11.8 Å². The maximum Gasteiger partial charge on any atom is 0.309 e. The van der Waals surface area contributed by atoms with Gasteiger partial charge in [-0.25, -0.2) is 0 Å². The van der Waals surface area contributed by atoms with Gasteiger partial charge in [0.15, 0.2) is 0 Å². The maximum atomic E-state index is 13.3. The number of carbonyl (C=O) groups excluding carboxylic acids is 3. The van der Waals surface area contributed by atoms with E-state index in [2.05, 4.69) is 10.6 Å². The van der Waals surface area contributed by atoms with Gasteiger partial charge in [0.05, 0.1) is 24.5 Å². The zero-order valence-electron chi connectivity index (χ0n) is 21.5. The molecule has 0 bridgehead atoms. The Hall–Kier alpha value is -3.45. The number of rotatable bonds is 7. The molecule has 3 rings (SSSR count). The molecule has 198 valence electrons. The van der Waals surface area contributed by atoms with Crippen LogP contribution >= 0.6 is 0 Å². The first-order chi connectivity index (χ1) is 18.0. The van der Waals surface area contributed by atoms with Crippen molar-refractivity contribution >= 4 is 17.8 Å². The van der Waals surface area contributed by atoms with Crippen LogP contribution in [-0.2, 0) is 25.5 Å². The summed E-state index contributed by atoms with van der Waals surface area (Å²) in [6.45, 7) is 1.54. The van der Waals surface area contributed by atoms with Gasteiger partial charge in [-0.15, -0.1) is 0 Å². The molecule has 0 spiro atoms. The summed E-state index contributed by atoms with van der Waals surface area (Å²) in [5.74, 6) is -1.69. The lowest BCUT2D eigenvalue weighted by molar-refractivity contribution is -0.150. The van der Waals surface area contributed by atoms with Crippen LogP contribution in [0.1, 0.15) is 56.2 Å². The Bertz CT molecular complexity index is 1020. The molecule has 3 N–H and O–H groups in total. The molecule has 0 aromatic heterocycles. The molecule has 0 aliphatic carbocycles. The lowest BCUT2D eigenvalue weighted by Gasteiger charge is -2.24. The van der Waals surface area contributed by atoms with Crippen LogP contribution in [0.2, 0.25) is 0 Å². The van der Waals surface area contributed by atoms with E-state index in [1.807, 2.05) is 72.8 Å². The number of cyclic esters (lactones) is 1. The van der Waals surface area contributed by atoms with Crippen LogP contribution in [0.5, 0.6) is 0 Å². The molecule has 2 amide bonds. The Kier molecular flexibility index (Phi) is 11.4. The SMILES string of the molecule is C[C@H](CO)NC(=O)C[C@H]1CC=CCCC[C@H](Cc2ccccc2)C(=O)OC[C@H](c2ccccc2)NC1=O. The van der Waals surface area contributed by atoms with Crippen molar-refractivity contribution in [3.8, 4) is 0 Å². The summed E-state index contributed by atoms with van der Waals surface area (Å²) in [6.07, 6.45) is 7.27. The van der Waals surface area contributed by atoms with E-state index in [0.717, 1.165) is 24.0 Å². The highest BCUT2D eigenvalue weighted by Crippen LogP contribution is 2.22. The molecule has 1 aliphatic heterocycles. The van der Waals surface area contributed by atoms with E-state index in [1.54, 1.807) is 6.92 Å². The van der Waals surface area contributed by atoms with E-state index in [0.29, 0.717) is 19.3 Å². The molecular weight excluding hydrogens is 468 g/mol. The molecule has 1 aliphatic rings. The molecule has 1 heterocycles. The van der Waals surface area contributed by atoms with Gasteiger partial charge >= 0.3 is 5.97 Å². The van der Waals surface area contributed by atoms with Crippen molar-refractivity contribution < 1.29 is 24.2 Å². The van der Waals surface area contributed by atoms with Crippen LogP contribution in [0.25, 0.3) is 0 Å². The van der Waals surface area contributed by atoms with Crippen molar-refractivity contribution in [2.45, 2.75) is 57.5 Å². The van der Waals surface area contributed by atoms with Crippen molar-refractivity contribution in [3.63, 3.8) is 0 Å². The third kappa shape index (κ3) is 9.50. The minimum Gasteiger partial charge on any atom is -0.463 e. The first-order valence-electron chi connectivity index (χ1n) is 13.1. The normalized spacial score (nSPS) is 22.3. The standard InChI is InChI=1S/C30H38N2O5/c1-22(20-33)31-28(34)19-25-16-8-2-3-9-17-26(18-23-12-6-4-7-13-23)30(36)37-21-27(32-29(25)35)24-14-10-5-11-15-24/h2,4-8,10-15,22,25-27,33H,3,9,16-21H2,1H3,(H,31,34)(H,32,35)/t22-,25-,26-,27-/m1/s1. The highest BCUT2D eigenvalue weighted by atomic mass is 16.5. The van der Waals surface area contributed by atoms with Crippen LogP contribution in [0.4, 0.5) is 0 Å². The molecule has 37 heavy (non-hydrogen) atoms. The monoisotopic (exact) mass is 506 g/mol. The zero-order valence-corrected chi connectivity index (χ0v) is 21.5. The summed E-state index contributed by atoms with van der Waals surface area (Å²) in [4.78, 5) is 39.0. The minimum absolute atomic E-state index is 0.000953. The van der Waals surface area contributed by atoms with Gasteiger partial charge in [-0.1, -0.05) is 72.8 Å². The van der Waals surface area contributed by atoms with Crippen LogP contribution < -0.4 is 10.6 Å². The average Bonchev–Trinajstić information content (AvgIpc) is 2.91. The maximum absolute atomic E-state index is 13.3. The van der Waals surface area contributed by atoms with E-state index < -0.39 is 12.0 Å². The van der Waals surface area contributed by atoms with Crippen molar-refractivity contribution in [1.29, 1.82) is 0 Å². The Morgan fingerprint density at radius 3 is 2.46 bits per heavy atom. The molecule has 0 fully saturated rings. The largest absolute Gasteiger partial charge is 0.463 e. The Labute approximate surface area is 219 Å². The van der Waals surface area contributed by atoms with Gasteiger partial charge in [-0.3, -0.25) is 14.4 Å². The molecule has 0 unspecified atom stereocenters. The lowest BCUT2D eigenvalue weighted by Crippen LogP contribution is -2.41. The first kappa shape index (κ1) is 28.1. The molecule has 0 radical (unpaired) electrons. The zero-order chi connectivity index (χ0) is 26.5. The van der Waals surface area contributed by atoms with Gasteiger partial charge < -0.3 is 20.5 Å². The van der Waals surface area contributed by atoms with E-state index in [-0.39, 0.29) is 49.4 Å². The van der Waals surface area contributed by atoms with Gasteiger partial charge in [-0.2, -0.15) is 0 Å². The van der Waals surface area contributed by atoms with E-state index in [4.69, 9.17) is 4.74 Å². The first-order valence-corrected chi connectivity index (χ1v) is 13.1. The predicted molar refractivity (Wildman–Crippen MR) is 142 cm³/mol. The molecular formula is C30H38N2O5. The second-order valence-electron chi connectivity index (χ2n) is 9.68. The number of aliphatic hydroxyl groups is 1. The summed E-state index contributed by atoms with van der Waals surface area (Å²) >= 11 is 0. The van der Waals surface area contributed by atoms with Crippen molar-refractivity contribution in [3.05, 3.63) is 83.9 Å². The lowest BCUT2D eigenvalue weighted by atomic mass is 9.93. The Morgan fingerprint density at radius 2 is 1.76 bits per heavy atom. The third-order valence-electron chi connectivity index (χ3n) is 6.56. The number of amides is 2. The summed E-state index contributed by atoms with van der Waals surface area (Å²) < 4.78 is 5.79. The highest BCUT2D eigenvalue weighted by molar-refractivity contribution is 5.86. The van der Waals surface area contributed by atoms with Gasteiger partial charge in [0.25, 0.3) is 0 Å². The quantitative estimate of drug-likeness (QED) is 0.391. The number of hydrogen-bond donors (Lipinski definition) is 3. The average molecular weight is 507 g/mol. The number of ether oxygens (including phenoxy) is 1. The highest BCUT2D eigenvalue weighted by Gasteiger charge is 2.27. The fourth-order valence-electron chi connectivity index (χ4n) is 4.43. The minimum atomic E-state index is -0.585. The Morgan fingerprint density at radius 1 is 1.05 bits per heavy atom. The molecule has 4 atom stereocenters. The third-order valence-corrected chi connectivity index (χ3v) is 6.56. The number of carbonyl (C=O) groups is 3. The molecule has 7 heteroatoms. The van der Waals surface area contributed by atoms with Crippen molar-refractivity contribution in [2.24, 2.45) is 11.8 Å². The molecule has 0 saturated heterocycles. The van der Waals surface area contributed by atoms with Crippen LogP contribution in [0.15, 0.2) is 72.8 Å². The number of esters is 1. The number of benzene rings is 2. The van der Waals surface area contributed by atoms with Gasteiger partial charge in [0.2, 0.25) is 11.8 Å². The number of aliphatic hydroxyl groups excluding tert-OH is 1. The summed E-state index contributed by atoms with van der Waals surface area (Å²) in [7, 11) is 0. The molecule has 2 aromatic rings. The predicted octanol–water partition coefficient (Wildman–Crippen LogP) is 3.88. The Balaban J connectivity index is 1.79. The topological polar surface area (TPSA) is 105 Å². The van der Waals surface area contributed by atoms with Crippen LogP contribution in [-0.4, -0.2) is 42.1 Å². The number of allylic oxidation sites excluding steroid dienone is 2. The molecule has 0 saturated carbocycles. The number of nitrogens with one attached hydrogen (secondary N) is 2. The van der Waals surface area contributed by atoms with E-state index in [1.165, 1.54) is 0 Å². The summed E-state index contributed by atoms with van der Waals surface area (Å²) in [5.41, 5.74) is 1.91. The van der Waals surface area contributed by atoms with Crippen molar-refractivity contribution in [2.75, 3.05) is 13.2 Å². The van der Waals surface area contributed by atoms with Crippen LogP contribution in [0.3, 0.4) is 0 Å². The number of hydrogen-bond acceptors (Lipinski definition) is 5. The van der Waals surface area contributed by atoms with Gasteiger partial charge in [0, 0.05) is 12.5 Å². The molecule has 2 aromatic carbocycles. The second kappa shape index (κ2) is 15.0. The summed E-state index contributed by atoms with van der Waals surface area (Å²) in [6, 6.07) is 18.4. The van der Waals surface area contributed by atoms with Crippen molar-refractivity contribution in [1.82, 2.24) is 10.6 Å². The van der Waals surface area contributed by atoms with E-state index in [9.17, 15) is 19.5 Å². The second-order valence-corrected chi connectivity index (χ2v) is 9.68. The fraction of sp³-hybridized carbons (Fsp3) is 0.433. The van der Waals surface area contributed by atoms with Gasteiger partial charge in [-0.05, 0) is 50.2 Å². The van der Waals surface area contributed by atoms with Gasteiger partial charge in [0.1, 0.15) is 6.61 Å². The smallest absolute Gasteiger partial charge is 0.309 e. The summed E-state index contributed by atoms with van der Waals surface area (Å²) in [5, 5.41) is 15.0. The molecule has 7 nitrogen and oxygen atoms in total. The van der Waals surface area contributed by atoms with E-state index >= 15 is 0 Å².